The van der Waals surface area contributed by atoms with Gasteiger partial charge in [-0.05, 0) is 41.8 Å². The number of hydrogen-bond donors (Lipinski definition) is 1. The van der Waals surface area contributed by atoms with Crippen molar-refractivity contribution in [2.24, 2.45) is 0 Å². The lowest BCUT2D eigenvalue weighted by Gasteiger charge is -2.12. The Balaban J connectivity index is 1.66. The van der Waals surface area contributed by atoms with Crippen LogP contribution in [0.5, 0.6) is 0 Å². The number of para-hydroxylation sites is 1. The lowest BCUT2D eigenvalue weighted by Crippen LogP contribution is -2.21. The van der Waals surface area contributed by atoms with Gasteiger partial charge in [-0.1, -0.05) is 47.5 Å². The minimum absolute atomic E-state index is 0.0420. The molecule has 10 heteroatoms. The van der Waals surface area contributed by atoms with Crippen molar-refractivity contribution >= 4 is 50.2 Å². The molecule has 0 aliphatic rings. The number of nitrogens with one attached hydrogen (secondary N) is 1. The standard InChI is InChI=1S/C20H13Cl2N3O3S2/c21-16-12-23-25(20(26)19(16)22)13-7-9-14(10-8-13)30(27,28)24-17-5-2-1-4-15(17)18-6-3-11-29-18/h1-12,24H. The summed E-state index contributed by atoms with van der Waals surface area (Å²) in [7, 11) is -3.85. The van der Waals surface area contributed by atoms with E-state index in [-0.39, 0.29) is 14.9 Å². The molecule has 30 heavy (non-hydrogen) atoms. The van der Waals surface area contributed by atoms with Crippen LogP contribution in [-0.2, 0) is 10.0 Å². The highest BCUT2D eigenvalue weighted by Gasteiger charge is 2.17. The van der Waals surface area contributed by atoms with Crippen LogP contribution in [0.2, 0.25) is 10.0 Å². The maximum atomic E-state index is 12.9. The van der Waals surface area contributed by atoms with Gasteiger partial charge in [-0.15, -0.1) is 11.3 Å². The topological polar surface area (TPSA) is 81.1 Å². The monoisotopic (exact) mass is 477 g/mol. The summed E-state index contributed by atoms with van der Waals surface area (Å²) in [5, 5.41) is 5.75. The second-order valence-electron chi connectivity index (χ2n) is 6.15. The number of anilines is 1. The summed E-state index contributed by atoms with van der Waals surface area (Å²) in [6.07, 6.45) is 1.25. The van der Waals surface area contributed by atoms with Crippen LogP contribution in [0, 0.1) is 0 Å². The van der Waals surface area contributed by atoms with E-state index in [9.17, 15) is 13.2 Å². The van der Waals surface area contributed by atoms with Crippen LogP contribution >= 0.6 is 34.5 Å². The number of rotatable bonds is 5. The summed E-state index contributed by atoms with van der Waals surface area (Å²) in [6.45, 7) is 0. The predicted octanol–water partition coefficient (Wildman–Crippen LogP) is 5.07. The number of sulfonamides is 1. The van der Waals surface area contributed by atoms with Gasteiger partial charge in [0.15, 0.2) is 0 Å². The van der Waals surface area contributed by atoms with E-state index in [2.05, 4.69) is 9.82 Å². The Hall–Kier alpha value is -2.65. The van der Waals surface area contributed by atoms with E-state index in [1.807, 2.05) is 29.6 Å². The number of hydrogen-bond acceptors (Lipinski definition) is 5. The fraction of sp³-hybridized carbons (Fsp3) is 0. The third-order valence-electron chi connectivity index (χ3n) is 4.23. The molecule has 0 bridgehead atoms. The van der Waals surface area contributed by atoms with Gasteiger partial charge in [-0.25, -0.2) is 8.42 Å². The molecule has 1 N–H and O–H groups in total. The summed E-state index contributed by atoms with van der Waals surface area (Å²) < 4.78 is 29.5. The van der Waals surface area contributed by atoms with Crippen LogP contribution in [0.3, 0.4) is 0 Å². The Bertz CT molecular complexity index is 1370. The number of halogens is 2. The molecule has 4 rings (SSSR count). The van der Waals surface area contributed by atoms with Gasteiger partial charge >= 0.3 is 0 Å². The van der Waals surface area contributed by atoms with Crippen molar-refractivity contribution in [3.63, 3.8) is 0 Å². The predicted molar refractivity (Wildman–Crippen MR) is 120 cm³/mol. The molecule has 0 spiro atoms. The molecule has 2 aromatic heterocycles. The lowest BCUT2D eigenvalue weighted by molar-refractivity contribution is 0.601. The average molecular weight is 478 g/mol. The van der Waals surface area contributed by atoms with E-state index in [1.165, 1.54) is 41.8 Å². The van der Waals surface area contributed by atoms with Gasteiger partial charge < -0.3 is 0 Å². The highest BCUT2D eigenvalue weighted by atomic mass is 35.5. The Morgan fingerprint density at radius 3 is 2.40 bits per heavy atom. The molecule has 0 saturated carbocycles. The summed E-state index contributed by atoms with van der Waals surface area (Å²) in [6, 6.07) is 16.7. The van der Waals surface area contributed by atoms with E-state index in [0.717, 1.165) is 15.1 Å². The van der Waals surface area contributed by atoms with E-state index in [1.54, 1.807) is 12.1 Å². The largest absolute Gasteiger partial charge is 0.291 e. The molecule has 0 saturated heterocycles. The van der Waals surface area contributed by atoms with Crippen molar-refractivity contribution in [3.05, 3.63) is 92.6 Å². The van der Waals surface area contributed by atoms with Crippen molar-refractivity contribution in [1.82, 2.24) is 9.78 Å². The minimum Gasteiger partial charge on any atom is -0.279 e. The maximum Gasteiger partial charge on any atom is 0.291 e. The first kappa shape index (κ1) is 20.6. The van der Waals surface area contributed by atoms with Crippen molar-refractivity contribution in [2.45, 2.75) is 4.90 Å². The molecule has 152 valence electrons. The third kappa shape index (κ3) is 3.99. The molecule has 2 heterocycles. The Labute approximate surface area is 186 Å². The van der Waals surface area contributed by atoms with Gasteiger partial charge in [0.05, 0.1) is 27.5 Å². The molecule has 2 aromatic carbocycles. The average Bonchev–Trinajstić information content (AvgIpc) is 3.27. The van der Waals surface area contributed by atoms with Gasteiger partial charge in [-0.3, -0.25) is 9.52 Å². The zero-order valence-corrected chi connectivity index (χ0v) is 18.3. The van der Waals surface area contributed by atoms with Crippen LogP contribution in [0.4, 0.5) is 5.69 Å². The molecular weight excluding hydrogens is 465 g/mol. The molecule has 0 radical (unpaired) electrons. The summed E-state index contributed by atoms with van der Waals surface area (Å²) in [4.78, 5) is 13.2. The second kappa shape index (κ2) is 8.23. The number of nitrogens with zero attached hydrogens (tertiary/aromatic N) is 2. The first-order valence-electron chi connectivity index (χ1n) is 8.56. The smallest absolute Gasteiger partial charge is 0.279 e. The number of aromatic nitrogens is 2. The van der Waals surface area contributed by atoms with Crippen molar-refractivity contribution in [1.29, 1.82) is 0 Å². The molecular formula is C20H13Cl2N3O3S2. The normalized spacial score (nSPS) is 11.4. The molecule has 0 atom stereocenters. The molecule has 0 aliphatic carbocycles. The first-order valence-corrected chi connectivity index (χ1v) is 11.7. The molecule has 0 aliphatic heterocycles. The van der Waals surface area contributed by atoms with Crippen LogP contribution in [0.15, 0.2) is 81.9 Å². The fourth-order valence-electron chi connectivity index (χ4n) is 2.79. The highest BCUT2D eigenvalue weighted by molar-refractivity contribution is 7.92. The van der Waals surface area contributed by atoms with Crippen LogP contribution in [-0.4, -0.2) is 18.2 Å². The Kier molecular flexibility index (Phi) is 5.66. The number of benzene rings is 2. The third-order valence-corrected chi connectivity index (χ3v) is 7.26. The van der Waals surface area contributed by atoms with Crippen LogP contribution < -0.4 is 10.3 Å². The van der Waals surface area contributed by atoms with Crippen molar-refractivity contribution in [3.8, 4) is 16.1 Å². The molecule has 4 aromatic rings. The van der Waals surface area contributed by atoms with Gasteiger partial charge in [-0.2, -0.15) is 9.78 Å². The zero-order valence-electron chi connectivity index (χ0n) is 15.1. The first-order chi connectivity index (χ1) is 14.4. The van der Waals surface area contributed by atoms with Gasteiger partial charge in [0.25, 0.3) is 15.6 Å². The molecule has 6 nitrogen and oxygen atoms in total. The van der Waals surface area contributed by atoms with E-state index < -0.39 is 15.6 Å². The lowest BCUT2D eigenvalue weighted by atomic mass is 10.1. The number of thiophene rings is 1. The van der Waals surface area contributed by atoms with Gasteiger partial charge in [0, 0.05) is 10.4 Å². The minimum atomic E-state index is -3.85. The molecule has 0 fully saturated rings. The summed E-state index contributed by atoms with van der Waals surface area (Å²) in [5.41, 5.74) is 1.03. The Morgan fingerprint density at radius 2 is 1.70 bits per heavy atom. The summed E-state index contributed by atoms with van der Waals surface area (Å²) in [5.74, 6) is 0. The second-order valence-corrected chi connectivity index (χ2v) is 9.56. The Morgan fingerprint density at radius 1 is 0.967 bits per heavy atom. The van der Waals surface area contributed by atoms with Crippen molar-refractivity contribution in [2.75, 3.05) is 4.72 Å². The fourth-order valence-corrected chi connectivity index (χ4v) is 4.88. The van der Waals surface area contributed by atoms with E-state index >= 15 is 0 Å². The van der Waals surface area contributed by atoms with Crippen molar-refractivity contribution < 1.29 is 8.42 Å². The van der Waals surface area contributed by atoms with E-state index in [4.69, 9.17) is 23.2 Å². The summed E-state index contributed by atoms with van der Waals surface area (Å²) >= 11 is 13.2. The van der Waals surface area contributed by atoms with Gasteiger partial charge in [0.1, 0.15) is 5.02 Å². The molecule has 0 amide bonds. The zero-order chi connectivity index (χ0) is 21.3. The SMILES string of the molecule is O=c1c(Cl)c(Cl)cnn1-c1ccc(S(=O)(=O)Nc2ccccc2-c2cccs2)cc1. The van der Waals surface area contributed by atoms with Crippen LogP contribution in [0.25, 0.3) is 16.1 Å². The maximum absolute atomic E-state index is 12.9. The van der Waals surface area contributed by atoms with Gasteiger partial charge in [0.2, 0.25) is 0 Å². The van der Waals surface area contributed by atoms with Crippen LogP contribution in [0.1, 0.15) is 0 Å². The quantitative estimate of drug-likeness (QED) is 0.435. The van der Waals surface area contributed by atoms with E-state index in [0.29, 0.717) is 11.4 Å². The molecule has 0 unspecified atom stereocenters. The highest BCUT2D eigenvalue weighted by Crippen LogP contribution is 2.32.